The van der Waals surface area contributed by atoms with E-state index in [1.807, 2.05) is 36.2 Å². The summed E-state index contributed by atoms with van der Waals surface area (Å²) in [4.78, 5) is 27.7. The number of anilines is 1. The third kappa shape index (κ3) is 3.71. The minimum Gasteiger partial charge on any atom is -0.343 e. The third-order valence-electron chi connectivity index (χ3n) is 4.99. The number of thioether (sulfide) groups is 1. The fourth-order valence-corrected chi connectivity index (χ4v) is 4.46. The Morgan fingerprint density at radius 1 is 1.26 bits per heavy atom. The molecule has 2 aliphatic rings. The molecule has 1 N–H and O–H groups in total. The lowest BCUT2D eigenvalue weighted by Gasteiger charge is -2.34. The Hall–Kier alpha value is -1.49. The molecule has 1 saturated carbocycles. The first-order valence-electron chi connectivity index (χ1n) is 8.37. The number of hydrogen-bond donors (Lipinski definition) is 1. The molecule has 0 radical (unpaired) electrons. The molecule has 1 heterocycles. The number of hydrogen-bond acceptors (Lipinski definition) is 3. The van der Waals surface area contributed by atoms with Crippen LogP contribution in [0.1, 0.15) is 39.0 Å². The van der Waals surface area contributed by atoms with Crippen LogP contribution in [-0.4, -0.2) is 35.1 Å². The van der Waals surface area contributed by atoms with Crippen LogP contribution in [0.2, 0.25) is 0 Å². The number of fused-ring (bicyclic) bond motifs is 1. The van der Waals surface area contributed by atoms with Crippen LogP contribution < -0.4 is 5.32 Å². The molecular formula is C18H24N2O2S. The monoisotopic (exact) mass is 332 g/mol. The van der Waals surface area contributed by atoms with E-state index in [0.717, 1.165) is 29.3 Å². The SMILES string of the molecule is CC1CCC(N(C)C(=O)C[C@H]2Sc3ccccc3NC2=O)CC1. The van der Waals surface area contributed by atoms with Gasteiger partial charge in [-0.05, 0) is 43.7 Å². The molecule has 0 bridgehead atoms. The molecule has 2 amide bonds. The molecule has 4 nitrogen and oxygen atoms in total. The average Bonchev–Trinajstić information content (AvgIpc) is 2.55. The molecule has 23 heavy (non-hydrogen) atoms. The molecule has 5 heteroatoms. The molecule has 0 spiro atoms. The van der Waals surface area contributed by atoms with Gasteiger partial charge in [-0.3, -0.25) is 9.59 Å². The fourth-order valence-electron chi connectivity index (χ4n) is 3.36. The highest BCUT2D eigenvalue weighted by Crippen LogP contribution is 2.37. The van der Waals surface area contributed by atoms with Crippen LogP contribution in [0.5, 0.6) is 0 Å². The molecule has 0 saturated heterocycles. The van der Waals surface area contributed by atoms with Crippen LogP contribution in [0.4, 0.5) is 5.69 Å². The number of amides is 2. The zero-order valence-corrected chi connectivity index (χ0v) is 14.6. The van der Waals surface area contributed by atoms with Gasteiger partial charge >= 0.3 is 0 Å². The van der Waals surface area contributed by atoms with E-state index in [9.17, 15) is 9.59 Å². The van der Waals surface area contributed by atoms with Crippen molar-refractivity contribution in [2.75, 3.05) is 12.4 Å². The molecule has 0 aromatic heterocycles. The predicted molar refractivity (Wildman–Crippen MR) is 93.5 cm³/mol. The van der Waals surface area contributed by atoms with Crippen molar-refractivity contribution >= 4 is 29.3 Å². The summed E-state index contributed by atoms with van der Waals surface area (Å²) in [6.07, 6.45) is 4.81. The summed E-state index contributed by atoms with van der Waals surface area (Å²) in [6, 6.07) is 8.08. The molecule has 1 fully saturated rings. The lowest BCUT2D eigenvalue weighted by atomic mass is 9.86. The van der Waals surface area contributed by atoms with E-state index in [0.29, 0.717) is 6.04 Å². The largest absolute Gasteiger partial charge is 0.343 e. The minimum absolute atomic E-state index is 0.0623. The highest BCUT2D eigenvalue weighted by atomic mass is 32.2. The first kappa shape index (κ1) is 16.4. The second kappa shape index (κ2) is 6.95. The van der Waals surface area contributed by atoms with Gasteiger partial charge in [-0.2, -0.15) is 0 Å². The Morgan fingerprint density at radius 2 is 1.96 bits per heavy atom. The highest BCUT2D eigenvalue weighted by Gasteiger charge is 2.32. The molecular weight excluding hydrogens is 308 g/mol. The van der Waals surface area contributed by atoms with Crippen LogP contribution in [-0.2, 0) is 9.59 Å². The van der Waals surface area contributed by atoms with E-state index in [4.69, 9.17) is 0 Å². The van der Waals surface area contributed by atoms with Crippen LogP contribution in [0.15, 0.2) is 29.2 Å². The van der Waals surface area contributed by atoms with E-state index < -0.39 is 0 Å². The standard InChI is InChI=1S/C18H24N2O2S/c1-12-7-9-13(10-8-12)20(2)17(21)11-16-18(22)19-14-5-3-4-6-15(14)23-16/h3-6,12-13,16H,7-11H2,1-2H3,(H,19,22)/t12?,13?,16-/m1/s1. The number of carbonyl (C=O) groups excluding carboxylic acids is 2. The quantitative estimate of drug-likeness (QED) is 0.921. The summed E-state index contributed by atoms with van der Waals surface area (Å²) in [5, 5.41) is 2.58. The third-order valence-corrected chi connectivity index (χ3v) is 6.27. The van der Waals surface area contributed by atoms with E-state index in [1.54, 1.807) is 0 Å². The van der Waals surface area contributed by atoms with Crippen molar-refractivity contribution < 1.29 is 9.59 Å². The Labute approximate surface area is 142 Å². The second-order valence-electron chi connectivity index (χ2n) is 6.71. The van der Waals surface area contributed by atoms with Gasteiger partial charge in [0.05, 0.1) is 10.9 Å². The van der Waals surface area contributed by atoms with E-state index in [-0.39, 0.29) is 23.5 Å². The van der Waals surface area contributed by atoms with Gasteiger partial charge in [-0.15, -0.1) is 11.8 Å². The van der Waals surface area contributed by atoms with Gasteiger partial charge in [-0.1, -0.05) is 19.1 Å². The Kier molecular flexibility index (Phi) is 4.95. The first-order valence-corrected chi connectivity index (χ1v) is 9.24. The molecule has 1 aliphatic carbocycles. The number of benzene rings is 1. The number of nitrogens with one attached hydrogen (secondary N) is 1. The summed E-state index contributed by atoms with van der Waals surface area (Å²) in [5.41, 5.74) is 0.848. The maximum Gasteiger partial charge on any atom is 0.238 e. The van der Waals surface area contributed by atoms with Crippen LogP contribution >= 0.6 is 11.8 Å². The highest BCUT2D eigenvalue weighted by molar-refractivity contribution is 8.01. The van der Waals surface area contributed by atoms with Crippen molar-refractivity contribution in [3.63, 3.8) is 0 Å². The summed E-state index contributed by atoms with van der Waals surface area (Å²) >= 11 is 1.50. The number of carbonyl (C=O) groups is 2. The van der Waals surface area contributed by atoms with Gasteiger partial charge in [0, 0.05) is 24.4 Å². The van der Waals surface area contributed by atoms with E-state index >= 15 is 0 Å². The van der Waals surface area contributed by atoms with Crippen molar-refractivity contribution in [1.29, 1.82) is 0 Å². The molecule has 0 unspecified atom stereocenters. The zero-order chi connectivity index (χ0) is 16.4. The molecule has 124 valence electrons. The van der Waals surface area contributed by atoms with Gasteiger partial charge in [0.15, 0.2) is 0 Å². The smallest absolute Gasteiger partial charge is 0.238 e. The van der Waals surface area contributed by atoms with Crippen molar-refractivity contribution in [2.45, 2.75) is 55.2 Å². The normalized spacial score (nSPS) is 27.0. The zero-order valence-electron chi connectivity index (χ0n) is 13.7. The molecule has 1 aliphatic heterocycles. The minimum atomic E-state index is -0.331. The number of nitrogens with zero attached hydrogens (tertiary/aromatic N) is 1. The molecule has 1 atom stereocenters. The van der Waals surface area contributed by atoms with Gasteiger partial charge in [-0.25, -0.2) is 0 Å². The number of rotatable bonds is 3. The van der Waals surface area contributed by atoms with E-state index in [2.05, 4.69) is 12.2 Å². The lowest BCUT2D eigenvalue weighted by molar-refractivity contribution is -0.134. The fraction of sp³-hybridized carbons (Fsp3) is 0.556. The van der Waals surface area contributed by atoms with Gasteiger partial charge in [0.2, 0.25) is 11.8 Å². The van der Waals surface area contributed by atoms with Crippen molar-refractivity contribution in [1.82, 2.24) is 4.90 Å². The first-order chi connectivity index (χ1) is 11.0. The maximum atomic E-state index is 12.6. The van der Waals surface area contributed by atoms with Crippen molar-refractivity contribution in [3.05, 3.63) is 24.3 Å². The maximum absolute atomic E-state index is 12.6. The average molecular weight is 332 g/mol. The van der Waals surface area contributed by atoms with Gasteiger partial charge in [0.25, 0.3) is 0 Å². The summed E-state index contributed by atoms with van der Waals surface area (Å²) < 4.78 is 0. The van der Waals surface area contributed by atoms with Crippen LogP contribution in [0, 0.1) is 5.92 Å². The van der Waals surface area contributed by atoms with Crippen molar-refractivity contribution in [2.24, 2.45) is 5.92 Å². The summed E-state index contributed by atoms with van der Waals surface area (Å²) in [7, 11) is 1.89. The topological polar surface area (TPSA) is 49.4 Å². The predicted octanol–water partition coefficient (Wildman–Crippen LogP) is 3.53. The van der Waals surface area contributed by atoms with Gasteiger partial charge in [0.1, 0.15) is 0 Å². The second-order valence-corrected chi connectivity index (χ2v) is 7.96. The Morgan fingerprint density at radius 3 is 2.70 bits per heavy atom. The number of para-hydroxylation sites is 1. The molecule has 3 rings (SSSR count). The summed E-state index contributed by atoms with van der Waals surface area (Å²) in [6.45, 7) is 2.28. The van der Waals surface area contributed by atoms with Crippen LogP contribution in [0.25, 0.3) is 0 Å². The Balaban J connectivity index is 1.60. The molecule has 1 aromatic rings. The van der Waals surface area contributed by atoms with Crippen molar-refractivity contribution in [3.8, 4) is 0 Å². The summed E-state index contributed by atoms with van der Waals surface area (Å²) in [5.74, 6) is 0.787. The molecule has 1 aromatic carbocycles. The van der Waals surface area contributed by atoms with E-state index in [1.165, 1.54) is 24.6 Å². The Bertz CT molecular complexity index is 596. The van der Waals surface area contributed by atoms with Gasteiger partial charge < -0.3 is 10.2 Å². The lowest BCUT2D eigenvalue weighted by Crippen LogP contribution is -2.42. The van der Waals surface area contributed by atoms with Crippen LogP contribution in [0.3, 0.4) is 0 Å².